The Hall–Kier alpha value is -2.23. The van der Waals surface area contributed by atoms with Gasteiger partial charge in [-0.2, -0.15) is 4.98 Å². The van der Waals surface area contributed by atoms with Gasteiger partial charge in [-0.1, -0.05) is 5.16 Å². The third-order valence-electron chi connectivity index (χ3n) is 2.82. The Kier molecular flexibility index (Phi) is 4.31. The fraction of sp³-hybridized carbons (Fsp3) is 0.417. The molecule has 2 N–H and O–H groups in total. The van der Waals surface area contributed by atoms with Crippen molar-refractivity contribution < 1.29 is 9.32 Å². The van der Waals surface area contributed by atoms with E-state index < -0.39 is 22.7 Å². The van der Waals surface area contributed by atoms with Gasteiger partial charge in [0.1, 0.15) is 6.54 Å². The number of rotatable bonds is 4. The molecule has 22 heavy (non-hydrogen) atoms. The molecule has 2 rings (SSSR count). The maximum Gasteiger partial charge on any atom is 0.328 e. The molecule has 2 aromatic rings. The average molecular weight is 372 g/mol. The summed E-state index contributed by atoms with van der Waals surface area (Å²) in [6, 6.07) is 0. The molecule has 1 amide bonds. The van der Waals surface area contributed by atoms with Crippen molar-refractivity contribution in [1.82, 2.24) is 25.0 Å². The third-order valence-corrected chi connectivity index (χ3v) is 3.38. The lowest BCUT2D eigenvalue weighted by Crippen LogP contribution is -2.45. The van der Waals surface area contributed by atoms with Gasteiger partial charge < -0.3 is 9.84 Å². The number of hydrogen-bond donors (Lipinski definition) is 2. The van der Waals surface area contributed by atoms with Crippen LogP contribution in [0.25, 0.3) is 0 Å². The highest BCUT2D eigenvalue weighted by Gasteiger charge is 2.28. The summed E-state index contributed by atoms with van der Waals surface area (Å²) in [5.41, 5.74) is -2.08. The zero-order chi connectivity index (χ0) is 16.5. The second-order valence-corrected chi connectivity index (χ2v) is 6.03. The molecule has 10 heteroatoms. The topological polar surface area (TPSA) is 123 Å². The van der Waals surface area contributed by atoms with E-state index in [1.54, 1.807) is 20.8 Å². The van der Waals surface area contributed by atoms with Gasteiger partial charge in [-0.15, -0.1) is 0 Å². The van der Waals surface area contributed by atoms with Crippen molar-refractivity contribution >= 4 is 21.8 Å². The van der Waals surface area contributed by atoms with Gasteiger partial charge in [0.2, 0.25) is 11.8 Å². The number of carbonyl (C=O) groups excluding carboxylic acids is 1. The molecule has 0 spiro atoms. The number of carbonyl (C=O) groups is 1. The van der Waals surface area contributed by atoms with Gasteiger partial charge in [-0.3, -0.25) is 19.1 Å². The van der Waals surface area contributed by atoms with Crippen molar-refractivity contribution in [3.63, 3.8) is 0 Å². The number of hydrogen-bond acceptors (Lipinski definition) is 6. The lowest BCUT2D eigenvalue weighted by molar-refractivity contribution is -0.123. The van der Waals surface area contributed by atoms with Crippen LogP contribution in [0.15, 0.2) is 24.8 Å². The SMILES string of the molecule is Cc1nc(C(C)(C)NC(=O)Cn2cc(Br)c(=O)[nH]c2=O)no1. The molecule has 2 heterocycles. The first-order chi connectivity index (χ1) is 10.2. The summed E-state index contributed by atoms with van der Waals surface area (Å²) in [4.78, 5) is 41.1. The molecule has 0 atom stereocenters. The molecular weight excluding hydrogens is 358 g/mol. The van der Waals surface area contributed by atoms with Gasteiger partial charge in [0.25, 0.3) is 5.56 Å². The second kappa shape index (κ2) is 5.87. The predicted octanol–water partition coefficient (Wildman–Crippen LogP) is 0.0420. The standard InChI is InChI=1S/C12H14BrN5O4/c1-6-14-10(17-22-6)12(2,3)16-8(19)5-18-4-7(13)9(20)15-11(18)21/h4H,5H2,1-3H3,(H,16,19)(H,15,20,21). The van der Waals surface area contributed by atoms with Gasteiger partial charge >= 0.3 is 5.69 Å². The van der Waals surface area contributed by atoms with Crippen LogP contribution in [0.5, 0.6) is 0 Å². The fourth-order valence-corrected chi connectivity index (χ4v) is 2.10. The van der Waals surface area contributed by atoms with Crippen molar-refractivity contribution in [3.8, 4) is 0 Å². The molecule has 0 bridgehead atoms. The molecule has 118 valence electrons. The average Bonchev–Trinajstić information content (AvgIpc) is 2.83. The number of halogens is 1. The van der Waals surface area contributed by atoms with Gasteiger partial charge in [0.15, 0.2) is 5.82 Å². The molecule has 0 radical (unpaired) electrons. The molecule has 2 aromatic heterocycles. The van der Waals surface area contributed by atoms with Crippen molar-refractivity contribution in [1.29, 1.82) is 0 Å². The molecule has 0 saturated carbocycles. The quantitative estimate of drug-likeness (QED) is 0.782. The summed E-state index contributed by atoms with van der Waals surface area (Å²) < 4.78 is 6.13. The monoisotopic (exact) mass is 371 g/mol. The van der Waals surface area contributed by atoms with Crippen LogP contribution >= 0.6 is 15.9 Å². The Morgan fingerprint density at radius 2 is 2.18 bits per heavy atom. The maximum atomic E-state index is 12.1. The van der Waals surface area contributed by atoms with Crippen LogP contribution in [-0.2, 0) is 16.9 Å². The minimum absolute atomic E-state index is 0.160. The van der Waals surface area contributed by atoms with Crippen LogP contribution < -0.4 is 16.6 Å². The zero-order valence-corrected chi connectivity index (χ0v) is 13.7. The summed E-state index contributed by atoms with van der Waals surface area (Å²) in [7, 11) is 0. The van der Waals surface area contributed by atoms with Crippen molar-refractivity contribution in [2.45, 2.75) is 32.9 Å². The van der Waals surface area contributed by atoms with E-state index in [0.29, 0.717) is 11.7 Å². The molecule has 0 saturated heterocycles. The normalized spacial score (nSPS) is 11.5. The Labute approximate surface area is 132 Å². The highest BCUT2D eigenvalue weighted by molar-refractivity contribution is 9.10. The van der Waals surface area contributed by atoms with E-state index in [9.17, 15) is 14.4 Å². The van der Waals surface area contributed by atoms with E-state index in [4.69, 9.17) is 4.52 Å². The van der Waals surface area contributed by atoms with Crippen LogP contribution in [0.4, 0.5) is 0 Å². The number of amides is 1. The minimum Gasteiger partial charge on any atom is -0.342 e. The van der Waals surface area contributed by atoms with Crippen LogP contribution in [-0.4, -0.2) is 25.6 Å². The number of H-pyrrole nitrogens is 1. The van der Waals surface area contributed by atoms with Crippen LogP contribution in [0, 0.1) is 6.92 Å². The Balaban J connectivity index is 2.15. The molecule has 0 aliphatic rings. The first kappa shape index (κ1) is 16.1. The Morgan fingerprint density at radius 1 is 1.50 bits per heavy atom. The third kappa shape index (κ3) is 3.50. The zero-order valence-electron chi connectivity index (χ0n) is 12.1. The first-order valence-electron chi connectivity index (χ1n) is 6.30. The van der Waals surface area contributed by atoms with E-state index >= 15 is 0 Å². The molecular formula is C12H14BrN5O4. The van der Waals surface area contributed by atoms with Crippen LogP contribution in [0.2, 0.25) is 0 Å². The van der Waals surface area contributed by atoms with Gasteiger partial charge in [-0.05, 0) is 29.8 Å². The van der Waals surface area contributed by atoms with E-state index in [-0.39, 0.29) is 11.0 Å². The highest BCUT2D eigenvalue weighted by Crippen LogP contribution is 2.16. The largest absolute Gasteiger partial charge is 0.342 e. The molecule has 0 aliphatic heterocycles. The van der Waals surface area contributed by atoms with Crippen molar-refractivity contribution in [2.75, 3.05) is 0 Å². The number of aromatic nitrogens is 4. The van der Waals surface area contributed by atoms with E-state index in [1.165, 1.54) is 6.20 Å². The lowest BCUT2D eigenvalue weighted by Gasteiger charge is -2.22. The Morgan fingerprint density at radius 3 is 2.77 bits per heavy atom. The van der Waals surface area contributed by atoms with Gasteiger partial charge in [0, 0.05) is 13.1 Å². The predicted molar refractivity (Wildman–Crippen MR) is 79.2 cm³/mol. The minimum atomic E-state index is -0.863. The van der Waals surface area contributed by atoms with Crippen molar-refractivity contribution in [2.24, 2.45) is 0 Å². The summed E-state index contributed by atoms with van der Waals surface area (Å²) in [6.45, 7) is 4.81. The summed E-state index contributed by atoms with van der Waals surface area (Å²) in [6.07, 6.45) is 1.26. The molecule has 0 unspecified atom stereocenters. The molecule has 0 fully saturated rings. The lowest BCUT2D eigenvalue weighted by atomic mass is 10.1. The molecule has 0 aliphatic carbocycles. The number of nitrogens with zero attached hydrogens (tertiary/aromatic N) is 3. The maximum absolute atomic E-state index is 12.1. The van der Waals surface area contributed by atoms with Crippen LogP contribution in [0.1, 0.15) is 25.6 Å². The molecule has 9 nitrogen and oxygen atoms in total. The molecule has 0 aromatic carbocycles. The van der Waals surface area contributed by atoms with Gasteiger partial charge in [0.05, 0.1) is 10.0 Å². The summed E-state index contributed by atoms with van der Waals surface area (Å²) >= 11 is 3.00. The Bertz CT molecular complexity index is 819. The first-order valence-corrected chi connectivity index (χ1v) is 7.09. The number of nitrogens with one attached hydrogen (secondary N) is 2. The number of aryl methyl sites for hydroxylation is 1. The fourth-order valence-electron chi connectivity index (χ4n) is 1.75. The van der Waals surface area contributed by atoms with E-state index in [0.717, 1.165) is 4.57 Å². The summed E-state index contributed by atoms with van der Waals surface area (Å²) in [5, 5.41) is 6.47. The number of aromatic amines is 1. The van der Waals surface area contributed by atoms with E-state index in [2.05, 4.69) is 36.4 Å². The second-order valence-electron chi connectivity index (χ2n) is 5.17. The highest BCUT2D eigenvalue weighted by atomic mass is 79.9. The smallest absolute Gasteiger partial charge is 0.328 e. The van der Waals surface area contributed by atoms with Gasteiger partial charge in [-0.25, -0.2) is 4.79 Å². The van der Waals surface area contributed by atoms with Crippen molar-refractivity contribution in [3.05, 3.63) is 43.2 Å². The van der Waals surface area contributed by atoms with E-state index in [1.807, 2.05) is 0 Å². The summed E-state index contributed by atoms with van der Waals surface area (Å²) in [5.74, 6) is 0.278. The van der Waals surface area contributed by atoms with Crippen LogP contribution in [0.3, 0.4) is 0 Å².